The van der Waals surface area contributed by atoms with Gasteiger partial charge in [0.15, 0.2) is 11.5 Å². The summed E-state index contributed by atoms with van der Waals surface area (Å²) in [4.78, 5) is 26.1. The Hall–Kier alpha value is -3.43. The van der Waals surface area contributed by atoms with Crippen LogP contribution in [0.5, 0.6) is 11.5 Å². The van der Waals surface area contributed by atoms with Gasteiger partial charge in [-0.25, -0.2) is 4.79 Å². The third-order valence-corrected chi connectivity index (χ3v) is 4.61. The fourth-order valence-electron chi connectivity index (χ4n) is 3.14. The van der Waals surface area contributed by atoms with Gasteiger partial charge in [0.2, 0.25) is 5.91 Å². The highest BCUT2D eigenvalue weighted by Crippen LogP contribution is 2.33. The summed E-state index contributed by atoms with van der Waals surface area (Å²) in [7, 11) is 3.00. The van der Waals surface area contributed by atoms with Gasteiger partial charge in [0.05, 0.1) is 25.8 Å². The van der Waals surface area contributed by atoms with Crippen molar-refractivity contribution in [1.82, 2.24) is 5.32 Å². The molecule has 2 aromatic rings. The topological polar surface area (TPSA) is 79.9 Å². The fraction of sp³-hybridized carbons (Fsp3) is 0.300. The molecule has 7 nitrogen and oxygen atoms in total. The second-order valence-electron chi connectivity index (χ2n) is 6.62. The van der Waals surface area contributed by atoms with Crippen LogP contribution < -0.4 is 25.0 Å². The van der Waals surface area contributed by atoms with Gasteiger partial charge in [-0.05, 0) is 36.4 Å². The minimum atomic E-state index is -4.45. The Balaban J connectivity index is 1.61. The number of urea groups is 1. The van der Waals surface area contributed by atoms with Crippen molar-refractivity contribution in [3.05, 3.63) is 48.0 Å². The summed E-state index contributed by atoms with van der Waals surface area (Å²) in [6.07, 6.45) is -4.35. The van der Waals surface area contributed by atoms with Crippen molar-refractivity contribution in [3.63, 3.8) is 0 Å². The first kappa shape index (κ1) is 21.3. The fourth-order valence-corrected chi connectivity index (χ4v) is 3.14. The number of rotatable bonds is 5. The van der Waals surface area contributed by atoms with E-state index in [2.05, 4.69) is 10.6 Å². The summed E-state index contributed by atoms with van der Waals surface area (Å²) < 4.78 is 48.2. The maximum absolute atomic E-state index is 12.6. The molecule has 0 bridgehead atoms. The van der Waals surface area contributed by atoms with Crippen molar-refractivity contribution in [2.75, 3.05) is 31.0 Å². The molecule has 1 atom stereocenters. The number of amides is 3. The summed E-state index contributed by atoms with van der Waals surface area (Å²) in [5, 5.41) is 5.13. The van der Waals surface area contributed by atoms with Gasteiger partial charge in [-0.2, -0.15) is 13.2 Å². The van der Waals surface area contributed by atoms with E-state index < -0.39 is 23.8 Å². The second-order valence-corrected chi connectivity index (χ2v) is 6.62. The van der Waals surface area contributed by atoms with Crippen LogP contribution in [0.1, 0.15) is 12.0 Å². The Kier molecular flexibility index (Phi) is 6.04. The van der Waals surface area contributed by atoms with Gasteiger partial charge >= 0.3 is 12.2 Å². The number of anilines is 2. The average Bonchev–Trinajstić information content (AvgIpc) is 3.06. The van der Waals surface area contributed by atoms with Gasteiger partial charge in [-0.1, -0.05) is 0 Å². The lowest BCUT2D eigenvalue weighted by atomic mass is 10.2. The number of nitrogens with zero attached hydrogens (tertiary/aromatic N) is 1. The Labute approximate surface area is 170 Å². The lowest BCUT2D eigenvalue weighted by molar-refractivity contribution is -0.137. The van der Waals surface area contributed by atoms with E-state index in [4.69, 9.17) is 9.47 Å². The number of halogens is 3. The van der Waals surface area contributed by atoms with Gasteiger partial charge in [0.1, 0.15) is 0 Å². The molecule has 0 saturated carbocycles. The quantitative estimate of drug-likeness (QED) is 0.770. The molecule has 1 aliphatic heterocycles. The Morgan fingerprint density at radius 2 is 1.73 bits per heavy atom. The normalized spacial score (nSPS) is 16.4. The molecule has 1 heterocycles. The number of methoxy groups -OCH3 is 2. The molecule has 1 fully saturated rings. The minimum absolute atomic E-state index is 0.0920. The molecule has 2 N–H and O–H groups in total. The SMILES string of the molecule is COc1ccc(N2CC(NC(=O)Nc3ccc(C(F)(F)F)cc3)CC2=O)cc1OC. The Bertz CT molecular complexity index is 932. The van der Waals surface area contributed by atoms with Gasteiger partial charge in [0, 0.05) is 30.4 Å². The number of alkyl halides is 3. The molecular weight excluding hydrogens is 403 g/mol. The van der Waals surface area contributed by atoms with Crippen LogP contribution in [0.15, 0.2) is 42.5 Å². The minimum Gasteiger partial charge on any atom is -0.493 e. The lowest BCUT2D eigenvalue weighted by Gasteiger charge is -2.19. The highest BCUT2D eigenvalue weighted by molar-refractivity contribution is 5.98. The zero-order valence-electron chi connectivity index (χ0n) is 16.2. The number of benzene rings is 2. The van der Waals surface area contributed by atoms with E-state index >= 15 is 0 Å². The van der Waals surface area contributed by atoms with Gasteiger partial charge in [-0.15, -0.1) is 0 Å². The second kappa shape index (κ2) is 8.52. The molecule has 1 saturated heterocycles. The number of ether oxygens (including phenoxy) is 2. The monoisotopic (exact) mass is 423 g/mol. The summed E-state index contributed by atoms with van der Waals surface area (Å²) in [5.41, 5.74) is 0.00655. The van der Waals surface area contributed by atoms with Crippen LogP contribution >= 0.6 is 0 Å². The lowest BCUT2D eigenvalue weighted by Crippen LogP contribution is -2.39. The number of hydrogen-bond acceptors (Lipinski definition) is 4. The number of carbonyl (C=O) groups is 2. The van der Waals surface area contributed by atoms with Gasteiger partial charge in [0.25, 0.3) is 0 Å². The van der Waals surface area contributed by atoms with Crippen molar-refractivity contribution in [2.45, 2.75) is 18.6 Å². The molecule has 10 heteroatoms. The zero-order chi connectivity index (χ0) is 21.9. The van der Waals surface area contributed by atoms with Crippen LogP contribution in [0.3, 0.4) is 0 Å². The first-order valence-corrected chi connectivity index (χ1v) is 8.98. The van der Waals surface area contributed by atoms with E-state index in [0.29, 0.717) is 17.2 Å². The van der Waals surface area contributed by atoms with Gasteiger partial charge < -0.3 is 25.0 Å². The maximum atomic E-state index is 12.6. The standard InChI is InChI=1S/C20H20F3N3O4/c1-29-16-8-7-15(10-17(16)30-2)26-11-14(9-18(26)27)25-19(28)24-13-5-3-12(4-6-13)20(21,22)23/h3-8,10,14H,9,11H2,1-2H3,(H2,24,25,28). The van der Waals surface area contributed by atoms with Crippen molar-refractivity contribution < 1.29 is 32.2 Å². The molecule has 160 valence electrons. The summed E-state index contributed by atoms with van der Waals surface area (Å²) in [6.45, 7) is 0.245. The van der Waals surface area contributed by atoms with Crippen LogP contribution in [-0.2, 0) is 11.0 Å². The molecular formula is C20H20F3N3O4. The van der Waals surface area contributed by atoms with Crippen molar-refractivity contribution in [2.24, 2.45) is 0 Å². The molecule has 3 amide bonds. The number of nitrogens with one attached hydrogen (secondary N) is 2. The zero-order valence-corrected chi connectivity index (χ0v) is 16.2. The van der Waals surface area contributed by atoms with Crippen molar-refractivity contribution in [3.8, 4) is 11.5 Å². The molecule has 0 aliphatic carbocycles. The predicted molar refractivity (Wildman–Crippen MR) is 104 cm³/mol. The van der Waals surface area contributed by atoms with E-state index in [-0.39, 0.29) is 24.6 Å². The largest absolute Gasteiger partial charge is 0.493 e. The van der Waals surface area contributed by atoms with Gasteiger partial charge in [-0.3, -0.25) is 4.79 Å². The van der Waals surface area contributed by atoms with Crippen LogP contribution in [0.25, 0.3) is 0 Å². The van der Waals surface area contributed by atoms with Crippen LogP contribution in [0.4, 0.5) is 29.3 Å². The highest BCUT2D eigenvalue weighted by Gasteiger charge is 2.32. The number of carbonyl (C=O) groups excluding carboxylic acids is 2. The van der Waals surface area contributed by atoms with Crippen molar-refractivity contribution in [1.29, 1.82) is 0 Å². The first-order valence-electron chi connectivity index (χ1n) is 8.98. The predicted octanol–water partition coefficient (Wildman–Crippen LogP) is 3.65. The summed E-state index contributed by atoms with van der Waals surface area (Å²) in [5.74, 6) is 0.819. The third kappa shape index (κ3) is 4.76. The molecule has 1 unspecified atom stereocenters. The van der Waals surface area contributed by atoms with E-state index in [0.717, 1.165) is 24.3 Å². The van der Waals surface area contributed by atoms with E-state index in [1.54, 1.807) is 18.2 Å². The smallest absolute Gasteiger partial charge is 0.416 e. The van der Waals surface area contributed by atoms with Crippen LogP contribution in [0, 0.1) is 0 Å². The van der Waals surface area contributed by atoms with E-state index in [1.165, 1.54) is 19.1 Å². The first-order chi connectivity index (χ1) is 14.2. The average molecular weight is 423 g/mol. The molecule has 0 aromatic heterocycles. The maximum Gasteiger partial charge on any atom is 0.416 e. The summed E-state index contributed by atoms with van der Waals surface area (Å²) >= 11 is 0. The highest BCUT2D eigenvalue weighted by atomic mass is 19.4. The van der Waals surface area contributed by atoms with E-state index in [1.807, 2.05) is 0 Å². The Morgan fingerprint density at radius 3 is 2.33 bits per heavy atom. The Morgan fingerprint density at radius 1 is 1.07 bits per heavy atom. The molecule has 2 aromatic carbocycles. The summed E-state index contributed by atoms with van der Waals surface area (Å²) in [6, 6.07) is 8.09. The molecule has 0 spiro atoms. The molecule has 3 rings (SSSR count). The number of hydrogen-bond donors (Lipinski definition) is 2. The van der Waals surface area contributed by atoms with Crippen LogP contribution in [-0.4, -0.2) is 38.7 Å². The van der Waals surface area contributed by atoms with Crippen molar-refractivity contribution >= 4 is 23.3 Å². The van der Waals surface area contributed by atoms with Crippen LogP contribution in [0.2, 0.25) is 0 Å². The third-order valence-electron chi connectivity index (χ3n) is 4.61. The molecule has 30 heavy (non-hydrogen) atoms. The molecule has 1 aliphatic rings. The van der Waals surface area contributed by atoms with E-state index in [9.17, 15) is 22.8 Å². The molecule has 0 radical (unpaired) electrons.